The summed E-state index contributed by atoms with van der Waals surface area (Å²) in [5.74, 6) is 7.71. The lowest BCUT2D eigenvalue weighted by Gasteiger charge is -2.23. The molecule has 4 bridgehead atoms. The Labute approximate surface area is 148 Å². The summed E-state index contributed by atoms with van der Waals surface area (Å²) in [5, 5.41) is 0. The molecule has 0 atom stereocenters. The molecule has 0 N–H and O–H groups in total. The first-order valence-corrected chi connectivity index (χ1v) is 11.9. The Morgan fingerprint density at radius 2 is 0.909 bits per heavy atom. The van der Waals surface area contributed by atoms with Crippen LogP contribution in [-0.4, -0.2) is 59.1 Å². The number of thioether (sulfide) groups is 3. The van der Waals surface area contributed by atoms with Gasteiger partial charge in [-0.05, 0) is 53.2 Å². The monoisotopic (exact) mass is 353 g/mol. The summed E-state index contributed by atoms with van der Waals surface area (Å²) in [6, 6.07) is 7.42. The summed E-state index contributed by atoms with van der Waals surface area (Å²) in [4.78, 5) is 2.69. The molecule has 0 radical (unpaired) electrons. The van der Waals surface area contributed by atoms with Crippen LogP contribution in [0.4, 0.5) is 0 Å². The van der Waals surface area contributed by atoms with Crippen LogP contribution in [0.25, 0.3) is 0 Å². The lowest BCUT2D eigenvalue weighted by atomic mass is 10.0. The average molecular weight is 354 g/mol. The van der Waals surface area contributed by atoms with Gasteiger partial charge in [-0.2, -0.15) is 35.3 Å². The van der Waals surface area contributed by atoms with E-state index in [2.05, 4.69) is 58.4 Å². The standard InChI is InChI=1S/C18H27NS3/c1-7-20-10-4-19-5-11-21-8-2-17-13-16(1)14-18(15-17)3-9-22-12-6-19/h13-15H,1-12H2. The van der Waals surface area contributed by atoms with Crippen molar-refractivity contribution in [2.45, 2.75) is 19.3 Å². The van der Waals surface area contributed by atoms with Gasteiger partial charge in [-0.25, -0.2) is 0 Å². The summed E-state index contributed by atoms with van der Waals surface area (Å²) in [6.07, 6.45) is 3.73. The highest BCUT2D eigenvalue weighted by Gasteiger charge is 2.09. The number of fused-ring (bicyclic) bond motifs is 12. The van der Waals surface area contributed by atoms with E-state index in [4.69, 9.17) is 0 Å². The number of aryl methyl sites for hydroxylation is 3. The van der Waals surface area contributed by atoms with E-state index in [0.717, 1.165) is 0 Å². The molecule has 122 valence electrons. The van der Waals surface area contributed by atoms with Crippen LogP contribution in [-0.2, 0) is 19.3 Å². The fraction of sp³-hybridized carbons (Fsp3) is 0.667. The molecular formula is C18H27NS3. The second-order valence-corrected chi connectivity index (χ2v) is 9.76. The van der Waals surface area contributed by atoms with Crippen LogP contribution in [0.1, 0.15) is 16.7 Å². The molecule has 0 aliphatic carbocycles. The van der Waals surface area contributed by atoms with Crippen LogP contribution >= 0.6 is 35.3 Å². The highest BCUT2D eigenvalue weighted by Crippen LogP contribution is 2.19. The first kappa shape index (κ1) is 17.1. The quantitative estimate of drug-likeness (QED) is 0.697. The molecule has 0 saturated carbocycles. The van der Waals surface area contributed by atoms with Gasteiger partial charge in [0.05, 0.1) is 0 Å². The van der Waals surface area contributed by atoms with Gasteiger partial charge in [0.2, 0.25) is 0 Å². The van der Waals surface area contributed by atoms with Crippen LogP contribution in [0.3, 0.4) is 0 Å². The summed E-state index contributed by atoms with van der Waals surface area (Å²) in [7, 11) is 0. The maximum atomic E-state index is 2.69. The lowest BCUT2D eigenvalue weighted by Crippen LogP contribution is -2.31. The molecule has 3 heterocycles. The zero-order chi connectivity index (χ0) is 15.0. The molecule has 22 heavy (non-hydrogen) atoms. The van der Waals surface area contributed by atoms with E-state index < -0.39 is 0 Å². The van der Waals surface area contributed by atoms with E-state index in [0.29, 0.717) is 0 Å². The molecule has 1 aromatic carbocycles. The molecule has 3 aliphatic heterocycles. The van der Waals surface area contributed by atoms with E-state index in [9.17, 15) is 0 Å². The summed E-state index contributed by atoms with van der Waals surface area (Å²) < 4.78 is 0. The van der Waals surface area contributed by atoms with Gasteiger partial charge < -0.3 is 4.90 Å². The molecule has 0 fully saturated rings. The maximum absolute atomic E-state index is 2.69. The van der Waals surface area contributed by atoms with Crippen LogP contribution in [0.15, 0.2) is 18.2 Å². The van der Waals surface area contributed by atoms with Crippen molar-refractivity contribution in [1.82, 2.24) is 4.90 Å². The van der Waals surface area contributed by atoms with Crippen LogP contribution in [0, 0.1) is 0 Å². The Morgan fingerprint density at radius 1 is 0.545 bits per heavy atom. The van der Waals surface area contributed by atoms with Gasteiger partial charge in [-0.3, -0.25) is 0 Å². The Balaban J connectivity index is 1.80. The van der Waals surface area contributed by atoms with Crippen LogP contribution < -0.4 is 0 Å². The van der Waals surface area contributed by atoms with E-state index in [-0.39, 0.29) is 0 Å². The van der Waals surface area contributed by atoms with Crippen LogP contribution in [0.5, 0.6) is 0 Å². The molecule has 0 aromatic heterocycles. The highest BCUT2D eigenvalue weighted by molar-refractivity contribution is 7.99. The van der Waals surface area contributed by atoms with Crippen molar-refractivity contribution in [3.05, 3.63) is 34.9 Å². The molecule has 0 unspecified atom stereocenters. The van der Waals surface area contributed by atoms with E-state index >= 15 is 0 Å². The third-order valence-corrected chi connectivity index (χ3v) is 7.27. The minimum absolute atomic E-state index is 1.24. The third kappa shape index (κ3) is 5.70. The molecule has 1 aromatic rings. The number of hydrogen-bond acceptors (Lipinski definition) is 4. The van der Waals surface area contributed by atoms with E-state index in [1.165, 1.54) is 73.4 Å². The maximum Gasteiger partial charge on any atom is 0.00730 e. The summed E-state index contributed by atoms with van der Waals surface area (Å²) >= 11 is 6.41. The molecule has 4 heteroatoms. The van der Waals surface area contributed by atoms with Gasteiger partial charge in [0.15, 0.2) is 0 Å². The molecule has 0 saturated heterocycles. The Bertz CT molecular complexity index is 385. The molecule has 1 nitrogen and oxygen atoms in total. The lowest BCUT2D eigenvalue weighted by molar-refractivity contribution is 0.329. The van der Waals surface area contributed by atoms with Crippen molar-refractivity contribution in [2.24, 2.45) is 0 Å². The molecule has 4 rings (SSSR count). The first-order chi connectivity index (χ1) is 10.9. The summed E-state index contributed by atoms with van der Waals surface area (Å²) in [6.45, 7) is 3.82. The van der Waals surface area contributed by atoms with Gasteiger partial charge in [0, 0.05) is 36.9 Å². The minimum atomic E-state index is 1.24. The minimum Gasteiger partial charge on any atom is -0.301 e. The number of nitrogens with zero attached hydrogens (tertiary/aromatic N) is 1. The summed E-state index contributed by atoms with van der Waals surface area (Å²) in [5.41, 5.74) is 4.71. The second-order valence-electron chi connectivity index (χ2n) is 6.09. The van der Waals surface area contributed by atoms with Gasteiger partial charge >= 0.3 is 0 Å². The van der Waals surface area contributed by atoms with E-state index in [1.54, 1.807) is 16.7 Å². The number of hydrogen-bond donors (Lipinski definition) is 0. The zero-order valence-electron chi connectivity index (χ0n) is 13.4. The van der Waals surface area contributed by atoms with Crippen molar-refractivity contribution in [2.75, 3.05) is 54.2 Å². The first-order valence-electron chi connectivity index (χ1n) is 8.47. The molecule has 0 spiro atoms. The van der Waals surface area contributed by atoms with Crippen molar-refractivity contribution >= 4 is 35.3 Å². The highest BCUT2D eigenvalue weighted by atomic mass is 32.2. The normalized spacial score (nSPS) is 22.4. The van der Waals surface area contributed by atoms with Crippen molar-refractivity contribution in [3.8, 4) is 0 Å². The van der Waals surface area contributed by atoms with Gasteiger partial charge in [0.25, 0.3) is 0 Å². The fourth-order valence-electron chi connectivity index (χ4n) is 3.07. The second kappa shape index (κ2) is 9.51. The SMILES string of the molecule is c1c2cc3cc1CCSCCN(CCSCC2)CCSCC3. The van der Waals surface area contributed by atoms with E-state index in [1.807, 2.05) is 0 Å². The topological polar surface area (TPSA) is 3.24 Å². The predicted molar refractivity (Wildman–Crippen MR) is 106 cm³/mol. The number of benzene rings is 1. The van der Waals surface area contributed by atoms with Crippen molar-refractivity contribution in [3.63, 3.8) is 0 Å². The van der Waals surface area contributed by atoms with Crippen LogP contribution in [0.2, 0.25) is 0 Å². The average Bonchev–Trinajstić information content (AvgIpc) is 2.52. The Hall–Kier alpha value is 0.230. The largest absolute Gasteiger partial charge is 0.301 e. The molecular weight excluding hydrogens is 326 g/mol. The Morgan fingerprint density at radius 3 is 1.27 bits per heavy atom. The zero-order valence-corrected chi connectivity index (χ0v) is 15.8. The van der Waals surface area contributed by atoms with Gasteiger partial charge in [0.1, 0.15) is 0 Å². The molecule has 3 aliphatic rings. The smallest absolute Gasteiger partial charge is 0.00730 e. The predicted octanol–water partition coefficient (Wildman–Crippen LogP) is 3.84. The van der Waals surface area contributed by atoms with Gasteiger partial charge in [-0.1, -0.05) is 18.2 Å². The third-order valence-electron chi connectivity index (χ3n) is 4.37. The van der Waals surface area contributed by atoms with Gasteiger partial charge in [-0.15, -0.1) is 0 Å². The van der Waals surface area contributed by atoms with Crippen molar-refractivity contribution < 1.29 is 0 Å². The van der Waals surface area contributed by atoms with Crippen molar-refractivity contribution in [1.29, 1.82) is 0 Å². The number of rotatable bonds is 0. The fourth-order valence-corrected chi connectivity index (χ4v) is 5.98. The Kier molecular flexibility index (Phi) is 7.38. The molecule has 0 amide bonds.